The van der Waals surface area contributed by atoms with Gasteiger partial charge in [-0.15, -0.1) is 0 Å². The van der Waals surface area contributed by atoms with Crippen LogP contribution in [0.5, 0.6) is 0 Å². The first-order chi connectivity index (χ1) is 9.56. The predicted molar refractivity (Wildman–Crippen MR) is 79.6 cm³/mol. The van der Waals surface area contributed by atoms with Gasteiger partial charge >= 0.3 is 0 Å². The Kier molecular flexibility index (Phi) is 5.84. The Morgan fingerprint density at radius 3 is 2.35 bits per heavy atom. The average molecular weight is 286 g/mol. The van der Waals surface area contributed by atoms with Crippen LogP contribution in [-0.4, -0.2) is 67.8 Å². The van der Waals surface area contributed by atoms with E-state index in [1.165, 1.54) is 45.1 Å². The molecule has 2 rings (SSSR count). The fourth-order valence-corrected chi connectivity index (χ4v) is 3.52. The molecule has 0 aliphatic carbocycles. The van der Waals surface area contributed by atoms with Gasteiger partial charge in [-0.1, -0.05) is 32.6 Å². The van der Waals surface area contributed by atoms with E-state index in [0.29, 0.717) is 12.6 Å². The Hall–Kier alpha value is -0.160. The molecule has 2 saturated heterocycles. The Balaban J connectivity index is 1.73. The van der Waals surface area contributed by atoms with Crippen LogP contribution >= 0.6 is 0 Å². The minimum absolute atomic E-state index is 0.0834. The van der Waals surface area contributed by atoms with Crippen molar-refractivity contribution in [3.05, 3.63) is 0 Å². The van der Waals surface area contributed by atoms with Crippen molar-refractivity contribution in [3.63, 3.8) is 0 Å². The summed E-state index contributed by atoms with van der Waals surface area (Å²) in [7, 11) is 4.55. The highest BCUT2D eigenvalue weighted by Gasteiger charge is 2.53. The quantitative estimate of drug-likeness (QED) is 0.547. The molecule has 0 aromatic carbocycles. The third-order valence-corrected chi connectivity index (χ3v) is 4.99. The van der Waals surface area contributed by atoms with Crippen molar-refractivity contribution in [3.8, 4) is 0 Å². The van der Waals surface area contributed by atoms with Gasteiger partial charge in [-0.2, -0.15) is 0 Å². The lowest BCUT2D eigenvalue weighted by Gasteiger charge is -2.37. The van der Waals surface area contributed by atoms with Crippen LogP contribution in [0.3, 0.4) is 0 Å². The minimum Gasteiger partial charge on any atom is -0.388 e. The summed E-state index contributed by atoms with van der Waals surface area (Å²) < 4.78 is 12.5. The van der Waals surface area contributed by atoms with Crippen molar-refractivity contribution in [1.82, 2.24) is 0 Å². The molecule has 0 aromatic heterocycles. The van der Waals surface area contributed by atoms with E-state index >= 15 is 0 Å². The summed E-state index contributed by atoms with van der Waals surface area (Å²) in [6, 6.07) is 0.368. The molecule has 2 aliphatic rings. The first kappa shape index (κ1) is 16.2. The summed E-state index contributed by atoms with van der Waals surface area (Å²) in [5.41, 5.74) is 0. The van der Waals surface area contributed by atoms with E-state index in [1.807, 2.05) is 0 Å². The van der Waals surface area contributed by atoms with E-state index in [-0.39, 0.29) is 12.2 Å². The lowest BCUT2D eigenvalue weighted by atomic mass is 10.0. The molecule has 0 aromatic rings. The molecule has 2 aliphatic heterocycles. The van der Waals surface area contributed by atoms with Crippen molar-refractivity contribution in [1.29, 1.82) is 0 Å². The molecule has 2 fully saturated rings. The van der Waals surface area contributed by atoms with E-state index in [2.05, 4.69) is 21.0 Å². The second-order valence-corrected chi connectivity index (χ2v) is 7.00. The van der Waals surface area contributed by atoms with Crippen LogP contribution in [0.25, 0.3) is 0 Å². The molecule has 2 heterocycles. The van der Waals surface area contributed by atoms with E-state index in [4.69, 9.17) is 9.47 Å². The number of rotatable bonds is 8. The van der Waals surface area contributed by atoms with Crippen molar-refractivity contribution in [2.45, 2.75) is 69.8 Å². The molecule has 1 N–H and O–H groups in total. The molecule has 4 heteroatoms. The molecular formula is C16H32NO3+. The number of likely N-dealkylation sites (N-methyl/N-ethyl adjacent to an activating group) is 1. The Bertz CT molecular complexity index is 295. The number of aliphatic hydroxyl groups is 1. The predicted octanol–water partition coefficient (Wildman–Crippen LogP) is 1.95. The molecule has 0 amide bonds. The second kappa shape index (κ2) is 7.21. The second-order valence-electron chi connectivity index (χ2n) is 7.00. The van der Waals surface area contributed by atoms with Crippen LogP contribution in [0.15, 0.2) is 0 Å². The molecular weight excluding hydrogens is 254 g/mol. The summed E-state index contributed by atoms with van der Waals surface area (Å²) in [6.07, 6.45) is 7.56. The summed E-state index contributed by atoms with van der Waals surface area (Å²) in [4.78, 5) is 0. The maximum Gasteiger partial charge on any atom is 0.141 e. The Morgan fingerprint density at radius 2 is 1.60 bits per heavy atom. The van der Waals surface area contributed by atoms with Crippen molar-refractivity contribution >= 4 is 0 Å². The minimum atomic E-state index is -0.431. The number of ether oxygens (including phenoxy) is 2. The summed E-state index contributed by atoms with van der Waals surface area (Å²) in [5.74, 6) is 0. The van der Waals surface area contributed by atoms with Gasteiger partial charge in [0.15, 0.2) is 0 Å². The SMILES string of the molecule is CCCCCCCC[N+](C)(C)[C@@H]1CO[C@H]2[C@@H]1OC[C@H]2O. The van der Waals surface area contributed by atoms with Crippen molar-refractivity contribution in [2.75, 3.05) is 33.9 Å². The molecule has 0 spiro atoms. The third kappa shape index (κ3) is 3.73. The van der Waals surface area contributed by atoms with Crippen LogP contribution in [0, 0.1) is 0 Å². The van der Waals surface area contributed by atoms with Gasteiger partial charge in [0.2, 0.25) is 0 Å². The highest BCUT2D eigenvalue weighted by Crippen LogP contribution is 2.32. The maximum absolute atomic E-state index is 9.82. The van der Waals surface area contributed by atoms with Crippen LogP contribution in [0.2, 0.25) is 0 Å². The van der Waals surface area contributed by atoms with Gasteiger partial charge in [-0.25, -0.2) is 0 Å². The monoisotopic (exact) mass is 286 g/mol. The van der Waals surface area contributed by atoms with Gasteiger partial charge in [0.05, 0.1) is 27.2 Å². The van der Waals surface area contributed by atoms with Gasteiger partial charge in [-0.3, -0.25) is 0 Å². The zero-order valence-electron chi connectivity index (χ0n) is 13.4. The highest BCUT2D eigenvalue weighted by atomic mass is 16.6. The first-order valence-electron chi connectivity index (χ1n) is 8.30. The lowest BCUT2D eigenvalue weighted by Crippen LogP contribution is -2.55. The van der Waals surface area contributed by atoms with Gasteiger partial charge < -0.3 is 19.1 Å². The zero-order chi connectivity index (χ0) is 14.6. The van der Waals surface area contributed by atoms with E-state index in [9.17, 15) is 5.11 Å². The number of hydrogen-bond donors (Lipinski definition) is 1. The number of nitrogens with zero attached hydrogens (tertiary/aromatic N) is 1. The number of quaternary nitrogens is 1. The lowest BCUT2D eigenvalue weighted by molar-refractivity contribution is -0.916. The molecule has 118 valence electrons. The van der Waals surface area contributed by atoms with Crippen molar-refractivity contribution in [2.24, 2.45) is 0 Å². The van der Waals surface area contributed by atoms with Crippen LogP contribution in [-0.2, 0) is 9.47 Å². The van der Waals surface area contributed by atoms with Crippen LogP contribution < -0.4 is 0 Å². The van der Waals surface area contributed by atoms with E-state index in [0.717, 1.165) is 11.1 Å². The van der Waals surface area contributed by atoms with E-state index in [1.54, 1.807) is 0 Å². The summed E-state index contributed by atoms with van der Waals surface area (Å²) in [6.45, 7) is 4.58. The van der Waals surface area contributed by atoms with Crippen LogP contribution in [0.4, 0.5) is 0 Å². The van der Waals surface area contributed by atoms with E-state index < -0.39 is 6.10 Å². The summed E-state index contributed by atoms with van der Waals surface area (Å²) in [5, 5.41) is 9.82. The van der Waals surface area contributed by atoms with Crippen LogP contribution in [0.1, 0.15) is 45.4 Å². The molecule has 4 atom stereocenters. The fourth-order valence-electron chi connectivity index (χ4n) is 3.52. The molecule has 0 unspecified atom stereocenters. The highest BCUT2D eigenvalue weighted by molar-refractivity contribution is 4.95. The third-order valence-electron chi connectivity index (χ3n) is 4.99. The largest absolute Gasteiger partial charge is 0.388 e. The Labute approximate surface area is 123 Å². The standard InChI is InChI=1S/C16H32NO3/c1-4-5-6-7-8-9-10-17(2,3)13-11-19-16-14(18)12-20-15(13)16/h13-16,18H,4-12H2,1-3H3/q+1/t13-,14-,15-,16-/m1/s1. The molecule has 0 bridgehead atoms. The fraction of sp³-hybridized carbons (Fsp3) is 1.00. The zero-order valence-corrected chi connectivity index (χ0v) is 13.4. The smallest absolute Gasteiger partial charge is 0.141 e. The maximum atomic E-state index is 9.82. The number of aliphatic hydroxyl groups excluding tert-OH is 1. The average Bonchev–Trinajstić information content (AvgIpc) is 2.97. The van der Waals surface area contributed by atoms with Gasteiger partial charge in [0.1, 0.15) is 31.0 Å². The topological polar surface area (TPSA) is 38.7 Å². The number of unbranched alkanes of at least 4 members (excludes halogenated alkanes) is 5. The van der Waals surface area contributed by atoms with Gasteiger partial charge in [0.25, 0.3) is 0 Å². The number of fused-ring (bicyclic) bond motifs is 1. The Morgan fingerprint density at radius 1 is 0.950 bits per heavy atom. The summed E-state index contributed by atoms with van der Waals surface area (Å²) >= 11 is 0. The van der Waals surface area contributed by atoms with Crippen molar-refractivity contribution < 1.29 is 19.1 Å². The first-order valence-corrected chi connectivity index (χ1v) is 8.30. The molecule has 0 saturated carbocycles. The number of hydrogen-bond acceptors (Lipinski definition) is 3. The normalized spacial score (nSPS) is 33.6. The molecule has 0 radical (unpaired) electrons. The van der Waals surface area contributed by atoms with Gasteiger partial charge in [0, 0.05) is 0 Å². The molecule has 20 heavy (non-hydrogen) atoms. The molecule has 4 nitrogen and oxygen atoms in total. The van der Waals surface area contributed by atoms with Gasteiger partial charge in [-0.05, 0) is 12.8 Å².